The molecule has 3 aliphatic rings. The third-order valence-corrected chi connectivity index (χ3v) is 8.66. The zero-order valence-electron chi connectivity index (χ0n) is 21.7. The van der Waals surface area contributed by atoms with Crippen LogP contribution < -0.4 is 10.6 Å². The van der Waals surface area contributed by atoms with Crippen LogP contribution in [-0.2, 0) is 11.3 Å². The molecule has 200 valence electrons. The summed E-state index contributed by atoms with van der Waals surface area (Å²) in [5.74, 6) is 0.0959. The standard InChI is InChI=1S/C28H40N6O2S/c35-26(29-24-11-13-32(14-12-24)19-22-7-3-1-4-8-22)20-33-15-17-34(18-16-33)27(36)25-21-37-28(31-25)30-23-9-5-2-6-10-23/h1,3-4,7-8,21,23-24H,2,5-6,9-20H2,(H,29,35)(H,30,31). The maximum absolute atomic E-state index is 13.0. The Morgan fingerprint density at radius 2 is 1.59 bits per heavy atom. The first kappa shape index (κ1) is 26.1. The van der Waals surface area contributed by atoms with Gasteiger partial charge >= 0.3 is 0 Å². The summed E-state index contributed by atoms with van der Waals surface area (Å²) in [5.41, 5.74) is 1.88. The number of benzene rings is 1. The summed E-state index contributed by atoms with van der Waals surface area (Å²) in [5, 5.41) is 9.49. The Balaban J connectivity index is 0.994. The average Bonchev–Trinajstić information content (AvgIpc) is 3.39. The maximum atomic E-state index is 13.0. The van der Waals surface area contributed by atoms with Crippen molar-refractivity contribution in [3.63, 3.8) is 0 Å². The number of likely N-dealkylation sites (tertiary alicyclic amines) is 1. The van der Waals surface area contributed by atoms with Gasteiger partial charge in [0.15, 0.2) is 5.13 Å². The number of piperidine rings is 1. The molecule has 8 nitrogen and oxygen atoms in total. The van der Waals surface area contributed by atoms with E-state index >= 15 is 0 Å². The fourth-order valence-electron chi connectivity index (χ4n) is 5.68. The fraction of sp³-hybridized carbons (Fsp3) is 0.607. The molecule has 3 heterocycles. The lowest BCUT2D eigenvalue weighted by molar-refractivity contribution is -0.123. The summed E-state index contributed by atoms with van der Waals surface area (Å²) in [7, 11) is 0. The van der Waals surface area contributed by atoms with Crippen LogP contribution in [0.3, 0.4) is 0 Å². The molecule has 9 heteroatoms. The van der Waals surface area contributed by atoms with E-state index in [9.17, 15) is 9.59 Å². The molecule has 2 saturated heterocycles. The summed E-state index contributed by atoms with van der Waals surface area (Å²) >= 11 is 1.53. The van der Waals surface area contributed by atoms with E-state index in [1.54, 1.807) is 0 Å². The van der Waals surface area contributed by atoms with Crippen molar-refractivity contribution in [1.29, 1.82) is 0 Å². The number of hydrogen-bond donors (Lipinski definition) is 2. The number of rotatable bonds is 8. The molecule has 2 amide bonds. The van der Waals surface area contributed by atoms with Crippen LogP contribution in [0.4, 0.5) is 5.13 Å². The number of carbonyl (C=O) groups is 2. The van der Waals surface area contributed by atoms with Gasteiger partial charge in [-0.1, -0.05) is 49.6 Å². The monoisotopic (exact) mass is 524 g/mol. The number of amides is 2. The SMILES string of the molecule is O=C(CN1CCN(C(=O)c2csc(NC3CCCCC3)n2)CC1)NC1CCN(Cc2ccccc2)CC1. The topological polar surface area (TPSA) is 80.8 Å². The molecule has 0 unspecified atom stereocenters. The smallest absolute Gasteiger partial charge is 0.273 e. The number of hydrogen-bond acceptors (Lipinski definition) is 7. The first-order chi connectivity index (χ1) is 18.1. The number of carbonyl (C=O) groups excluding carboxylic acids is 2. The van der Waals surface area contributed by atoms with Crippen LogP contribution in [0.25, 0.3) is 0 Å². The molecule has 0 atom stereocenters. The van der Waals surface area contributed by atoms with Gasteiger partial charge in [0.25, 0.3) is 5.91 Å². The van der Waals surface area contributed by atoms with Crippen molar-refractivity contribution < 1.29 is 9.59 Å². The number of nitrogens with zero attached hydrogens (tertiary/aromatic N) is 4. The molecule has 5 rings (SSSR count). The second-order valence-corrected chi connectivity index (χ2v) is 11.5. The van der Waals surface area contributed by atoms with Crippen LogP contribution in [-0.4, -0.2) is 89.4 Å². The molecule has 0 bridgehead atoms. The highest BCUT2D eigenvalue weighted by Crippen LogP contribution is 2.24. The van der Waals surface area contributed by atoms with Gasteiger partial charge in [-0.2, -0.15) is 0 Å². The van der Waals surface area contributed by atoms with Crippen molar-refractivity contribution in [2.75, 3.05) is 51.1 Å². The van der Waals surface area contributed by atoms with Gasteiger partial charge in [0.2, 0.25) is 5.91 Å². The van der Waals surface area contributed by atoms with Crippen molar-refractivity contribution in [2.45, 2.75) is 63.6 Å². The van der Waals surface area contributed by atoms with Gasteiger partial charge in [-0.05, 0) is 31.2 Å². The first-order valence-corrected chi connectivity index (χ1v) is 14.8. The van der Waals surface area contributed by atoms with E-state index in [-0.39, 0.29) is 17.9 Å². The number of nitrogens with one attached hydrogen (secondary N) is 2. The van der Waals surface area contributed by atoms with Crippen LogP contribution in [0, 0.1) is 0 Å². The number of piperazine rings is 1. The van der Waals surface area contributed by atoms with Crippen molar-refractivity contribution in [2.24, 2.45) is 0 Å². The van der Waals surface area contributed by atoms with Crippen LogP contribution in [0.5, 0.6) is 0 Å². The summed E-state index contributed by atoms with van der Waals surface area (Å²) in [6.45, 7) is 6.09. The Kier molecular flexibility index (Phi) is 9.07. The maximum Gasteiger partial charge on any atom is 0.273 e. The van der Waals surface area contributed by atoms with Crippen LogP contribution >= 0.6 is 11.3 Å². The molecule has 1 saturated carbocycles. The van der Waals surface area contributed by atoms with E-state index in [4.69, 9.17) is 0 Å². The molecule has 1 aliphatic carbocycles. The predicted molar refractivity (Wildman–Crippen MR) is 148 cm³/mol. The Morgan fingerprint density at radius 3 is 2.32 bits per heavy atom. The Bertz CT molecular complexity index is 1010. The molecular weight excluding hydrogens is 484 g/mol. The summed E-state index contributed by atoms with van der Waals surface area (Å²) in [6.07, 6.45) is 8.22. The van der Waals surface area contributed by atoms with Crippen molar-refractivity contribution in [3.8, 4) is 0 Å². The van der Waals surface area contributed by atoms with Crippen molar-refractivity contribution in [3.05, 3.63) is 47.0 Å². The predicted octanol–water partition coefficient (Wildman–Crippen LogP) is 3.43. The van der Waals surface area contributed by atoms with Gasteiger partial charge in [-0.15, -0.1) is 11.3 Å². The van der Waals surface area contributed by atoms with Crippen LogP contribution in [0.1, 0.15) is 61.0 Å². The Labute approximate surface area is 224 Å². The van der Waals surface area contributed by atoms with Gasteiger partial charge in [0.1, 0.15) is 5.69 Å². The lowest BCUT2D eigenvalue weighted by Gasteiger charge is -2.35. The number of anilines is 1. The minimum atomic E-state index is -0.000641. The lowest BCUT2D eigenvalue weighted by atomic mass is 9.96. The number of aromatic nitrogens is 1. The second-order valence-electron chi connectivity index (χ2n) is 10.7. The third-order valence-electron chi connectivity index (χ3n) is 7.88. The summed E-state index contributed by atoms with van der Waals surface area (Å²) < 4.78 is 0. The molecule has 0 radical (unpaired) electrons. The lowest BCUT2D eigenvalue weighted by Crippen LogP contribution is -2.52. The van der Waals surface area contributed by atoms with E-state index in [1.807, 2.05) is 10.3 Å². The minimum absolute atomic E-state index is 0.000641. The van der Waals surface area contributed by atoms with E-state index in [2.05, 4.69) is 55.7 Å². The highest BCUT2D eigenvalue weighted by Gasteiger charge is 2.26. The molecule has 1 aromatic carbocycles. The highest BCUT2D eigenvalue weighted by atomic mass is 32.1. The molecule has 2 aromatic rings. The molecule has 1 aromatic heterocycles. The molecular formula is C28H40N6O2S. The molecule has 37 heavy (non-hydrogen) atoms. The molecule has 3 fully saturated rings. The zero-order chi connectivity index (χ0) is 25.5. The van der Waals surface area contributed by atoms with Crippen LogP contribution in [0.15, 0.2) is 35.7 Å². The van der Waals surface area contributed by atoms with E-state index in [1.165, 1.54) is 49.0 Å². The van der Waals surface area contributed by atoms with E-state index in [0.717, 1.165) is 37.6 Å². The van der Waals surface area contributed by atoms with Gasteiger partial charge in [-0.3, -0.25) is 19.4 Å². The number of thiazole rings is 1. The first-order valence-electron chi connectivity index (χ1n) is 13.9. The minimum Gasteiger partial charge on any atom is -0.359 e. The van der Waals surface area contributed by atoms with Gasteiger partial charge < -0.3 is 15.5 Å². The van der Waals surface area contributed by atoms with E-state index < -0.39 is 0 Å². The molecule has 2 aliphatic heterocycles. The normalized spacial score (nSPS) is 20.6. The molecule has 0 spiro atoms. The summed E-state index contributed by atoms with van der Waals surface area (Å²) in [4.78, 5) is 36.7. The van der Waals surface area contributed by atoms with E-state index in [0.29, 0.717) is 44.5 Å². The highest BCUT2D eigenvalue weighted by molar-refractivity contribution is 7.13. The Morgan fingerprint density at radius 1 is 0.865 bits per heavy atom. The third kappa shape index (κ3) is 7.52. The largest absolute Gasteiger partial charge is 0.359 e. The van der Waals surface area contributed by atoms with Gasteiger partial charge in [0.05, 0.1) is 6.54 Å². The molecule has 2 N–H and O–H groups in total. The average molecular weight is 525 g/mol. The quantitative estimate of drug-likeness (QED) is 0.551. The fourth-order valence-corrected chi connectivity index (χ4v) is 6.45. The second kappa shape index (κ2) is 12.8. The zero-order valence-corrected chi connectivity index (χ0v) is 22.6. The Hall–Kier alpha value is -2.49. The van der Waals surface area contributed by atoms with Crippen molar-refractivity contribution in [1.82, 2.24) is 25.0 Å². The van der Waals surface area contributed by atoms with Crippen molar-refractivity contribution >= 4 is 28.3 Å². The van der Waals surface area contributed by atoms with Gasteiger partial charge in [-0.25, -0.2) is 4.98 Å². The van der Waals surface area contributed by atoms with Gasteiger partial charge in [0, 0.05) is 63.3 Å². The summed E-state index contributed by atoms with van der Waals surface area (Å²) in [6, 6.07) is 11.3. The van der Waals surface area contributed by atoms with Crippen LogP contribution in [0.2, 0.25) is 0 Å².